The lowest BCUT2D eigenvalue weighted by Gasteiger charge is -2.29. The van der Waals surface area contributed by atoms with Gasteiger partial charge >= 0.3 is 0 Å². The Bertz CT molecular complexity index is 496. The summed E-state index contributed by atoms with van der Waals surface area (Å²) in [5.74, 6) is 0. The van der Waals surface area contributed by atoms with Gasteiger partial charge in [-0.3, -0.25) is 0 Å². The molecule has 0 aromatic rings. The van der Waals surface area contributed by atoms with Crippen molar-refractivity contribution >= 4 is 0 Å². The van der Waals surface area contributed by atoms with Gasteiger partial charge in [-0.2, -0.15) is 0 Å². The van der Waals surface area contributed by atoms with E-state index in [1.807, 2.05) is 0 Å². The Balaban J connectivity index is 2.23. The molecule has 2 rings (SSSR count). The highest BCUT2D eigenvalue weighted by molar-refractivity contribution is 5.47. The van der Waals surface area contributed by atoms with E-state index >= 15 is 0 Å². The lowest BCUT2D eigenvalue weighted by atomic mass is 9.75. The van der Waals surface area contributed by atoms with Crippen LogP contribution in [0.4, 0.5) is 0 Å². The first-order chi connectivity index (χ1) is 9.42. The maximum Gasteiger partial charge on any atom is 0.00766 e. The molecule has 0 heterocycles. The van der Waals surface area contributed by atoms with Crippen LogP contribution >= 0.6 is 0 Å². The van der Waals surface area contributed by atoms with Crippen molar-refractivity contribution in [2.75, 3.05) is 0 Å². The van der Waals surface area contributed by atoms with E-state index < -0.39 is 0 Å². The van der Waals surface area contributed by atoms with E-state index in [4.69, 9.17) is 0 Å². The molecule has 0 aromatic heterocycles. The molecule has 2 aliphatic carbocycles. The zero-order valence-corrected chi connectivity index (χ0v) is 15.2. The Kier molecular flexibility index (Phi) is 3.89. The number of hydrogen-bond donors (Lipinski definition) is 0. The number of hydrogen-bond acceptors (Lipinski definition) is 0. The second kappa shape index (κ2) is 5.00. The molecule has 2 aliphatic rings. The first-order valence-corrected chi connectivity index (χ1v) is 8.26. The second-order valence-corrected chi connectivity index (χ2v) is 9.19. The van der Waals surface area contributed by atoms with E-state index in [-0.39, 0.29) is 16.2 Å². The van der Waals surface area contributed by atoms with Gasteiger partial charge in [0.25, 0.3) is 0 Å². The Morgan fingerprint density at radius 2 is 0.952 bits per heavy atom. The third-order valence-electron chi connectivity index (χ3n) is 5.08. The summed E-state index contributed by atoms with van der Waals surface area (Å²) in [6.07, 6.45) is 12.0. The fourth-order valence-corrected chi connectivity index (χ4v) is 3.17. The highest BCUT2D eigenvalue weighted by Crippen LogP contribution is 2.47. The molecule has 0 aromatic carbocycles. The van der Waals surface area contributed by atoms with Crippen LogP contribution in [0.2, 0.25) is 0 Å². The van der Waals surface area contributed by atoms with Gasteiger partial charge in [0.15, 0.2) is 0 Å². The van der Waals surface area contributed by atoms with Gasteiger partial charge in [0.1, 0.15) is 0 Å². The second-order valence-electron chi connectivity index (χ2n) is 9.19. The maximum absolute atomic E-state index is 2.45. The summed E-state index contributed by atoms with van der Waals surface area (Å²) in [7, 11) is 0. The summed E-state index contributed by atoms with van der Waals surface area (Å²) in [6, 6.07) is 0. The third kappa shape index (κ3) is 3.25. The van der Waals surface area contributed by atoms with Crippen LogP contribution in [-0.2, 0) is 0 Å². The van der Waals surface area contributed by atoms with Gasteiger partial charge < -0.3 is 0 Å². The van der Waals surface area contributed by atoms with E-state index in [0.717, 1.165) is 12.8 Å². The van der Waals surface area contributed by atoms with Gasteiger partial charge in [-0.25, -0.2) is 0 Å². The van der Waals surface area contributed by atoms with Gasteiger partial charge in [0.05, 0.1) is 0 Å². The highest BCUT2D eigenvalue weighted by Gasteiger charge is 2.33. The third-order valence-corrected chi connectivity index (χ3v) is 5.08. The first-order valence-electron chi connectivity index (χ1n) is 8.26. The summed E-state index contributed by atoms with van der Waals surface area (Å²) < 4.78 is 0. The fraction of sp³-hybridized carbons (Fsp3) is 0.619. The Morgan fingerprint density at radius 1 is 0.619 bits per heavy atom. The zero-order chi connectivity index (χ0) is 16.1. The smallest absolute Gasteiger partial charge is 0.00766 e. The van der Waals surface area contributed by atoms with Crippen LogP contribution in [0.5, 0.6) is 0 Å². The molecular weight excluding hydrogens is 252 g/mol. The lowest BCUT2D eigenvalue weighted by Crippen LogP contribution is -2.17. The normalized spacial score (nSPS) is 20.2. The van der Waals surface area contributed by atoms with Crippen molar-refractivity contribution in [3.8, 4) is 0 Å². The van der Waals surface area contributed by atoms with Crippen LogP contribution in [0.25, 0.3) is 0 Å². The lowest BCUT2D eigenvalue weighted by molar-refractivity contribution is 0.508. The predicted octanol–water partition coefficient (Wildman–Crippen LogP) is 6.62. The molecule has 0 amide bonds. The van der Waals surface area contributed by atoms with E-state index in [9.17, 15) is 0 Å². The molecule has 0 fully saturated rings. The molecule has 0 radical (unpaired) electrons. The van der Waals surface area contributed by atoms with Gasteiger partial charge in [-0.1, -0.05) is 90.8 Å². The van der Waals surface area contributed by atoms with Crippen molar-refractivity contribution < 1.29 is 0 Å². The molecule has 0 saturated heterocycles. The summed E-state index contributed by atoms with van der Waals surface area (Å²) in [5.41, 5.74) is 6.83. The molecule has 21 heavy (non-hydrogen) atoms. The van der Waals surface area contributed by atoms with E-state index in [2.05, 4.69) is 79.7 Å². The van der Waals surface area contributed by atoms with E-state index in [1.54, 1.807) is 11.1 Å². The molecule has 0 atom stereocenters. The Labute approximate surface area is 131 Å². The minimum absolute atomic E-state index is 0.174. The summed E-state index contributed by atoms with van der Waals surface area (Å²) >= 11 is 0. The van der Waals surface area contributed by atoms with Crippen LogP contribution in [0, 0.1) is 16.2 Å². The molecule has 0 spiro atoms. The molecule has 0 bridgehead atoms. The van der Waals surface area contributed by atoms with Crippen LogP contribution in [0.1, 0.15) is 68.2 Å². The van der Waals surface area contributed by atoms with Crippen molar-refractivity contribution in [2.45, 2.75) is 68.2 Å². The molecule has 0 heteroatoms. The summed E-state index contributed by atoms with van der Waals surface area (Å²) in [6.45, 7) is 18.6. The van der Waals surface area contributed by atoms with Crippen molar-refractivity contribution in [1.29, 1.82) is 0 Å². The van der Waals surface area contributed by atoms with Crippen LogP contribution < -0.4 is 0 Å². The maximum atomic E-state index is 2.45. The standard InChI is InChI=1S/C21H32/c1-19(2,3)15-9-11-17(13-15)21(7,8)18-12-10-16(14-18)20(4,5)6/h9-10,13-14H,11-12H2,1-8H3. The van der Waals surface area contributed by atoms with Gasteiger partial charge in [0.2, 0.25) is 0 Å². The van der Waals surface area contributed by atoms with E-state index in [1.165, 1.54) is 11.1 Å². The Hall–Kier alpha value is -1.04. The van der Waals surface area contributed by atoms with Crippen molar-refractivity contribution in [3.05, 3.63) is 46.6 Å². The molecule has 116 valence electrons. The fourth-order valence-electron chi connectivity index (χ4n) is 3.17. The van der Waals surface area contributed by atoms with Crippen LogP contribution in [0.15, 0.2) is 46.6 Å². The van der Waals surface area contributed by atoms with E-state index in [0.29, 0.717) is 0 Å². The molecule has 0 saturated carbocycles. The SMILES string of the molecule is CC(C)(C)C1=CCC(C(C)(C)C2=CC(C(C)(C)C)=CC2)=C1. The summed E-state index contributed by atoms with van der Waals surface area (Å²) in [4.78, 5) is 0. The monoisotopic (exact) mass is 284 g/mol. The molecule has 0 unspecified atom stereocenters. The first kappa shape index (κ1) is 16.3. The number of allylic oxidation sites excluding steroid dienone is 8. The summed E-state index contributed by atoms with van der Waals surface area (Å²) in [5, 5.41) is 0. The molecule has 0 aliphatic heterocycles. The van der Waals surface area contributed by atoms with Crippen molar-refractivity contribution in [3.63, 3.8) is 0 Å². The van der Waals surface area contributed by atoms with Crippen molar-refractivity contribution in [1.82, 2.24) is 0 Å². The average molecular weight is 284 g/mol. The molecule has 0 nitrogen and oxygen atoms in total. The van der Waals surface area contributed by atoms with Crippen molar-refractivity contribution in [2.24, 2.45) is 16.2 Å². The minimum atomic E-state index is 0.174. The van der Waals surface area contributed by atoms with Gasteiger partial charge in [-0.15, -0.1) is 0 Å². The molecule has 0 N–H and O–H groups in total. The molecular formula is C21H32. The van der Waals surface area contributed by atoms with Gasteiger partial charge in [0, 0.05) is 5.41 Å². The zero-order valence-electron chi connectivity index (χ0n) is 15.2. The predicted molar refractivity (Wildman–Crippen MR) is 94.3 cm³/mol. The van der Waals surface area contributed by atoms with Gasteiger partial charge in [-0.05, 0) is 34.8 Å². The van der Waals surface area contributed by atoms with Crippen LogP contribution in [0.3, 0.4) is 0 Å². The Morgan fingerprint density at radius 3 is 1.19 bits per heavy atom. The quantitative estimate of drug-likeness (QED) is 0.534. The largest absolute Gasteiger partial charge is 0.0767 e. The number of rotatable bonds is 2. The minimum Gasteiger partial charge on any atom is -0.0767 e. The highest BCUT2D eigenvalue weighted by atomic mass is 14.4. The topological polar surface area (TPSA) is 0 Å². The van der Waals surface area contributed by atoms with Crippen LogP contribution in [-0.4, -0.2) is 0 Å². The average Bonchev–Trinajstić information content (AvgIpc) is 2.97.